The monoisotopic (exact) mass is 332 g/mol. The average Bonchev–Trinajstić information content (AvgIpc) is 2.54. The molecule has 134 valence electrons. The molecule has 0 radical (unpaired) electrons. The summed E-state index contributed by atoms with van der Waals surface area (Å²) in [7, 11) is 1.48. The molecule has 0 heterocycles. The molecule has 1 saturated carbocycles. The molecule has 0 spiro atoms. The number of allylic oxidation sites excluding steroid dienone is 2. The number of carbonyl (C=O) groups is 1. The Bertz CT molecular complexity index is 602. The fraction of sp³-hybridized carbons (Fsp3) is 0.762. The summed E-state index contributed by atoms with van der Waals surface area (Å²) in [4.78, 5) is 12.6. The maximum absolute atomic E-state index is 12.6. The van der Waals surface area contributed by atoms with Crippen LogP contribution in [0.3, 0.4) is 0 Å². The number of ether oxygens (including phenoxy) is 1. The van der Waals surface area contributed by atoms with Gasteiger partial charge in [-0.3, -0.25) is 4.79 Å². The molecule has 0 unspecified atom stereocenters. The van der Waals surface area contributed by atoms with E-state index in [1.807, 2.05) is 6.92 Å². The first-order chi connectivity index (χ1) is 11.2. The van der Waals surface area contributed by atoms with Crippen molar-refractivity contribution in [3.05, 3.63) is 23.3 Å². The van der Waals surface area contributed by atoms with Crippen molar-refractivity contribution >= 4 is 5.97 Å². The molecule has 1 fully saturated rings. The summed E-state index contributed by atoms with van der Waals surface area (Å²) < 4.78 is 5.15. The van der Waals surface area contributed by atoms with Gasteiger partial charge in [0.2, 0.25) is 0 Å². The smallest absolute Gasteiger partial charge is 0.311 e. The molecule has 3 aliphatic rings. The number of methoxy groups -OCH3 is 1. The van der Waals surface area contributed by atoms with Crippen molar-refractivity contribution in [2.24, 2.45) is 22.7 Å². The molecule has 0 aromatic rings. The highest BCUT2D eigenvalue weighted by molar-refractivity contribution is 5.77. The number of esters is 1. The van der Waals surface area contributed by atoms with E-state index in [1.54, 1.807) is 0 Å². The summed E-state index contributed by atoms with van der Waals surface area (Å²) in [6.07, 6.45) is 9.79. The first kappa shape index (κ1) is 17.7. The Labute approximate surface area is 146 Å². The maximum Gasteiger partial charge on any atom is 0.311 e. The van der Waals surface area contributed by atoms with E-state index in [0.29, 0.717) is 5.92 Å². The third-order valence-electron chi connectivity index (χ3n) is 7.44. The van der Waals surface area contributed by atoms with Crippen LogP contribution >= 0.6 is 0 Å². The van der Waals surface area contributed by atoms with Gasteiger partial charge < -0.3 is 9.84 Å². The van der Waals surface area contributed by atoms with Crippen LogP contribution in [0.5, 0.6) is 0 Å². The molecule has 0 saturated heterocycles. The lowest BCUT2D eigenvalue weighted by atomic mass is 9.45. The van der Waals surface area contributed by atoms with E-state index >= 15 is 0 Å². The van der Waals surface area contributed by atoms with Gasteiger partial charge in [-0.05, 0) is 56.4 Å². The van der Waals surface area contributed by atoms with Crippen molar-refractivity contribution in [1.82, 2.24) is 0 Å². The van der Waals surface area contributed by atoms with E-state index in [4.69, 9.17) is 4.74 Å². The largest absolute Gasteiger partial charge is 0.469 e. The number of aliphatic hydroxyl groups is 1. The van der Waals surface area contributed by atoms with Gasteiger partial charge in [0.1, 0.15) is 0 Å². The highest BCUT2D eigenvalue weighted by Gasteiger charge is 2.63. The highest BCUT2D eigenvalue weighted by atomic mass is 16.5. The highest BCUT2D eigenvalue weighted by Crippen LogP contribution is 2.63. The van der Waals surface area contributed by atoms with Gasteiger partial charge in [-0.15, -0.1) is 0 Å². The summed E-state index contributed by atoms with van der Waals surface area (Å²) in [5.74, 6) is 0.537. The van der Waals surface area contributed by atoms with Gasteiger partial charge in [0.05, 0.1) is 18.1 Å². The topological polar surface area (TPSA) is 46.5 Å². The molecule has 0 bridgehead atoms. The lowest BCUT2D eigenvalue weighted by Crippen LogP contribution is -2.61. The SMILES string of the molecule is COC(=O)[C@]1(C)CCC[C@@]2(C)[C@H]1CC=C1C=C(C(C)C)CC[C@@]12O. The Morgan fingerprint density at radius 3 is 2.62 bits per heavy atom. The van der Waals surface area contributed by atoms with Gasteiger partial charge >= 0.3 is 5.97 Å². The molecule has 3 rings (SSSR count). The quantitative estimate of drug-likeness (QED) is 0.762. The molecular weight excluding hydrogens is 300 g/mol. The Morgan fingerprint density at radius 2 is 2.00 bits per heavy atom. The minimum atomic E-state index is -0.815. The maximum atomic E-state index is 12.6. The van der Waals surface area contributed by atoms with Crippen LogP contribution in [0.4, 0.5) is 0 Å². The number of carbonyl (C=O) groups excluding carboxylic acids is 1. The minimum Gasteiger partial charge on any atom is -0.469 e. The third kappa shape index (κ3) is 2.23. The predicted molar refractivity (Wildman–Crippen MR) is 95.4 cm³/mol. The summed E-state index contributed by atoms with van der Waals surface area (Å²) in [5.41, 5.74) is 0.938. The summed E-state index contributed by atoms with van der Waals surface area (Å²) in [6, 6.07) is 0. The second-order valence-electron chi connectivity index (χ2n) is 8.86. The first-order valence-corrected chi connectivity index (χ1v) is 9.41. The van der Waals surface area contributed by atoms with Crippen molar-refractivity contribution < 1.29 is 14.6 Å². The molecule has 0 amide bonds. The van der Waals surface area contributed by atoms with Crippen molar-refractivity contribution in [3.8, 4) is 0 Å². The zero-order valence-corrected chi connectivity index (χ0v) is 15.8. The second kappa shape index (κ2) is 5.72. The number of fused-ring (bicyclic) bond motifs is 3. The van der Waals surface area contributed by atoms with Crippen LogP contribution < -0.4 is 0 Å². The summed E-state index contributed by atoms with van der Waals surface area (Å²) in [5, 5.41) is 11.8. The van der Waals surface area contributed by atoms with Crippen molar-refractivity contribution in [2.45, 2.75) is 71.8 Å². The summed E-state index contributed by atoms with van der Waals surface area (Å²) >= 11 is 0. The number of rotatable bonds is 2. The van der Waals surface area contributed by atoms with Crippen LogP contribution in [-0.2, 0) is 9.53 Å². The first-order valence-electron chi connectivity index (χ1n) is 9.41. The van der Waals surface area contributed by atoms with E-state index in [2.05, 4.69) is 32.9 Å². The predicted octanol–water partition coefficient (Wildman–Crippen LogP) is 4.41. The zero-order valence-electron chi connectivity index (χ0n) is 15.8. The molecule has 24 heavy (non-hydrogen) atoms. The molecule has 3 heteroatoms. The molecule has 3 nitrogen and oxygen atoms in total. The van der Waals surface area contributed by atoms with Crippen LogP contribution in [0.25, 0.3) is 0 Å². The van der Waals surface area contributed by atoms with Gasteiger partial charge in [0, 0.05) is 5.41 Å². The second-order valence-corrected chi connectivity index (χ2v) is 8.86. The third-order valence-corrected chi connectivity index (χ3v) is 7.44. The molecule has 3 aliphatic carbocycles. The fourth-order valence-corrected chi connectivity index (χ4v) is 5.77. The van der Waals surface area contributed by atoms with E-state index in [9.17, 15) is 9.90 Å². The Morgan fingerprint density at radius 1 is 1.29 bits per heavy atom. The lowest BCUT2D eigenvalue weighted by Gasteiger charge is -2.61. The molecule has 0 aromatic carbocycles. The number of hydrogen-bond acceptors (Lipinski definition) is 3. The fourth-order valence-electron chi connectivity index (χ4n) is 5.77. The minimum absolute atomic E-state index is 0.118. The molecule has 4 atom stereocenters. The number of hydrogen-bond donors (Lipinski definition) is 1. The Balaban J connectivity index is 2.07. The van der Waals surface area contributed by atoms with E-state index in [0.717, 1.165) is 44.1 Å². The standard InChI is InChI=1S/C21H32O3/c1-14(2)15-9-12-21(23)16(13-15)7-8-17-19(3,18(22)24-5)10-6-11-20(17,21)4/h7,13-14,17,23H,6,8-12H2,1-5H3/t17-,19+,20-,21+/m0/s1. The van der Waals surface area contributed by atoms with Gasteiger partial charge in [-0.2, -0.15) is 0 Å². The molecular formula is C21H32O3. The van der Waals surface area contributed by atoms with Crippen LogP contribution in [0.15, 0.2) is 23.3 Å². The van der Waals surface area contributed by atoms with Crippen molar-refractivity contribution in [2.75, 3.05) is 7.11 Å². The molecule has 0 aliphatic heterocycles. The average molecular weight is 332 g/mol. The van der Waals surface area contributed by atoms with Crippen LogP contribution in [0, 0.1) is 22.7 Å². The van der Waals surface area contributed by atoms with Crippen molar-refractivity contribution in [3.63, 3.8) is 0 Å². The van der Waals surface area contributed by atoms with Gasteiger partial charge in [0.15, 0.2) is 0 Å². The lowest BCUT2D eigenvalue weighted by molar-refractivity contribution is -0.182. The van der Waals surface area contributed by atoms with Gasteiger partial charge in [0.25, 0.3) is 0 Å². The van der Waals surface area contributed by atoms with Gasteiger partial charge in [-0.1, -0.05) is 44.9 Å². The van der Waals surface area contributed by atoms with Crippen LogP contribution in [0.2, 0.25) is 0 Å². The van der Waals surface area contributed by atoms with E-state index in [1.165, 1.54) is 12.7 Å². The van der Waals surface area contributed by atoms with Gasteiger partial charge in [-0.25, -0.2) is 0 Å². The molecule has 0 aromatic heterocycles. The van der Waals surface area contributed by atoms with E-state index < -0.39 is 11.0 Å². The normalized spacial score (nSPS) is 41.9. The van der Waals surface area contributed by atoms with Crippen LogP contribution in [0.1, 0.15) is 66.2 Å². The van der Waals surface area contributed by atoms with E-state index in [-0.39, 0.29) is 17.3 Å². The Hall–Kier alpha value is -1.09. The summed E-state index contributed by atoms with van der Waals surface area (Å²) in [6.45, 7) is 8.69. The Kier molecular flexibility index (Phi) is 4.23. The molecule has 1 N–H and O–H groups in total. The van der Waals surface area contributed by atoms with Crippen molar-refractivity contribution in [1.29, 1.82) is 0 Å². The zero-order chi connectivity index (χ0) is 17.8. The van der Waals surface area contributed by atoms with Crippen LogP contribution in [-0.4, -0.2) is 23.8 Å².